The number of carbonyl (C=O) groups is 1. The standard InChI is InChI=1S/C20H24N6O2/c1-14(2)9-18-23-19(28-24-18)16-6-4-8-25(11-16)20(27)15-5-3-7-17(10-15)26-12-21-22-13-26/h3,5,7,10,12-14,16H,4,6,8-9,11H2,1-2H3. The highest BCUT2D eigenvalue weighted by atomic mass is 16.5. The van der Waals surface area contributed by atoms with Crippen molar-refractivity contribution < 1.29 is 9.32 Å². The summed E-state index contributed by atoms with van der Waals surface area (Å²) < 4.78 is 7.27. The predicted molar refractivity (Wildman–Crippen MR) is 102 cm³/mol. The van der Waals surface area contributed by atoms with Gasteiger partial charge in [0.15, 0.2) is 5.82 Å². The van der Waals surface area contributed by atoms with Gasteiger partial charge in [0.05, 0.1) is 5.92 Å². The van der Waals surface area contributed by atoms with Crippen molar-refractivity contribution in [3.05, 3.63) is 54.2 Å². The molecule has 8 heteroatoms. The average Bonchev–Trinajstić information content (AvgIpc) is 3.39. The molecule has 4 rings (SSSR count). The van der Waals surface area contributed by atoms with Crippen LogP contribution in [-0.4, -0.2) is 48.8 Å². The summed E-state index contributed by atoms with van der Waals surface area (Å²) in [7, 11) is 0. The number of likely N-dealkylation sites (tertiary alicyclic amines) is 1. The smallest absolute Gasteiger partial charge is 0.253 e. The first kappa shape index (κ1) is 18.3. The van der Waals surface area contributed by atoms with Crippen LogP contribution in [0.4, 0.5) is 0 Å². The van der Waals surface area contributed by atoms with Gasteiger partial charge in [0.2, 0.25) is 5.89 Å². The van der Waals surface area contributed by atoms with Crippen molar-refractivity contribution in [1.82, 2.24) is 29.8 Å². The van der Waals surface area contributed by atoms with Gasteiger partial charge in [-0.2, -0.15) is 4.98 Å². The molecule has 0 N–H and O–H groups in total. The van der Waals surface area contributed by atoms with Gasteiger partial charge in [0, 0.05) is 30.8 Å². The van der Waals surface area contributed by atoms with Gasteiger partial charge in [-0.1, -0.05) is 25.1 Å². The molecule has 1 amide bonds. The Bertz CT molecular complexity index is 934. The molecule has 1 aliphatic heterocycles. The quantitative estimate of drug-likeness (QED) is 0.676. The van der Waals surface area contributed by atoms with Crippen LogP contribution in [0.2, 0.25) is 0 Å². The molecule has 3 aromatic rings. The normalized spacial score (nSPS) is 17.2. The van der Waals surface area contributed by atoms with Gasteiger partial charge in [0.1, 0.15) is 12.7 Å². The molecule has 0 spiro atoms. The van der Waals surface area contributed by atoms with E-state index in [2.05, 4.69) is 34.2 Å². The number of hydrogen-bond acceptors (Lipinski definition) is 6. The van der Waals surface area contributed by atoms with Crippen LogP contribution in [0.3, 0.4) is 0 Å². The summed E-state index contributed by atoms with van der Waals surface area (Å²) in [5.74, 6) is 1.98. The number of piperidine rings is 1. The number of carbonyl (C=O) groups excluding carboxylic acids is 1. The second-order valence-electron chi connectivity index (χ2n) is 7.66. The molecule has 1 unspecified atom stereocenters. The molecular formula is C20H24N6O2. The molecule has 0 bridgehead atoms. The summed E-state index contributed by atoms with van der Waals surface area (Å²) in [4.78, 5) is 19.5. The van der Waals surface area contributed by atoms with E-state index >= 15 is 0 Å². The molecule has 1 aromatic carbocycles. The van der Waals surface area contributed by atoms with E-state index in [-0.39, 0.29) is 11.8 Å². The minimum Gasteiger partial charge on any atom is -0.339 e. The van der Waals surface area contributed by atoms with Crippen molar-refractivity contribution in [2.75, 3.05) is 13.1 Å². The summed E-state index contributed by atoms with van der Waals surface area (Å²) in [6.07, 6.45) is 5.90. The molecule has 0 aliphatic carbocycles. The lowest BCUT2D eigenvalue weighted by Gasteiger charge is -2.31. The summed E-state index contributed by atoms with van der Waals surface area (Å²) >= 11 is 0. The van der Waals surface area contributed by atoms with E-state index in [0.29, 0.717) is 23.9 Å². The van der Waals surface area contributed by atoms with Crippen molar-refractivity contribution in [1.29, 1.82) is 0 Å². The van der Waals surface area contributed by atoms with E-state index in [9.17, 15) is 4.79 Å². The van der Waals surface area contributed by atoms with Gasteiger partial charge in [-0.05, 0) is 37.0 Å². The van der Waals surface area contributed by atoms with Crippen molar-refractivity contribution in [2.24, 2.45) is 5.92 Å². The SMILES string of the molecule is CC(C)Cc1noc(C2CCCN(C(=O)c3cccc(-n4cnnc4)c3)C2)n1. The highest BCUT2D eigenvalue weighted by molar-refractivity contribution is 5.94. The second kappa shape index (κ2) is 7.92. The number of hydrogen-bond donors (Lipinski definition) is 0. The summed E-state index contributed by atoms with van der Waals surface area (Å²) in [6.45, 7) is 5.59. The summed E-state index contributed by atoms with van der Waals surface area (Å²) in [5, 5.41) is 11.7. The number of nitrogens with zero attached hydrogens (tertiary/aromatic N) is 6. The zero-order valence-corrected chi connectivity index (χ0v) is 16.2. The van der Waals surface area contributed by atoms with Gasteiger partial charge in [0.25, 0.3) is 5.91 Å². The predicted octanol–water partition coefficient (Wildman–Crippen LogP) is 2.87. The minimum atomic E-state index is 0.0153. The van der Waals surface area contributed by atoms with Crippen LogP contribution < -0.4 is 0 Å². The lowest BCUT2D eigenvalue weighted by Crippen LogP contribution is -2.39. The van der Waals surface area contributed by atoms with Crippen molar-refractivity contribution in [3.8, 4) is 5.69 Å². The van der Waals surface area contributed by atoms with E-state index < -0.39 is 0 Å². The van der Waals surface area contributed by atoms with E-state index in [1.165, 1.54) is 0 Å². The maximum absolute atomic E-state index is 13.1. The molecule has 1 aliphatic rings. The highest BCUT2D eigenvalue weighted by Crippen LogP contribution is 2.27. The Morgan fingerprint density at radius 2 is 2.11 bits per heavy atom. The number of aromatic nitrogens is 5. The second-order valence-corrected chi connectivity index (χ2v) is 7.66. The Morgan fingerprint density at radius 1 is 1.29 bits per heavy atom. The van der Waals surface area contributed by atoms with Crippen LogP contribution in [0, 0.1) is 5.92 Å². The van der Waals surface area contributed by atoms with E-state index in [4.69, 9.17) is 4.52 Å². The fourth-order valence-electron chi connectivity index (χ4n) is 3.56. The third kappa shape index (κ3) is 3.95. The van der Waals surface area contributed by atoms with E-state index in [0.717, 1.165) is 37.3 Å². The van der Waals surface area contributed by atoms with E-state index in [1.54, 1.807) is 17.2 Å². The molecule has 1 saturated heterocycles. The van der Waals surface area contributed by atoms with Gasteiger partial charge < -0.3 is 9.42 Å². The first-order chi connectivity index (χ1) is 13.6. The molecule has 2 aromatic heterocycles. The molecule has 146 valence electrons. The molecular weight excluding hydrogens is 356 g/mol. The summed E-state index contributed by atoms with van der Waals surface area (Å²) in [5.41, 5.74) is 1.51. The zero-order valence-electron chi connectivity index (χ0n) is 16.2. The summed E-state index contributed by atoms with van der Waals surface area (Å²) in [6, 6.07) is 7.50. The minimum absolute atomic E-state index is 0.0153. The lowest BCUT2D eigenvalue weighted by atomic mass is 9.97. The molecule has 8 nitrogen and oxygen atoms in total. The first-order valence-electron chi connectivity index (χ1n) is 9.67. The first-order valence-corrected chi connectivity index (χ1v) is 9.67. The zero-order chi connectivity index (χ0) is 19.5. The number of rotatable bonds is 5. The Balaban J connectivity index is 1.48. The molecule has 0 radical (unpaired) electrons. The van der Waals surface area contributed by atoms with Crippen LogP contribution in [0.1, 0.15) is 54.7 Å². The molecule has 28 heavy (non-hydrogen) atoms. The maximum Gasteiger partial charge on any atom is 0.253 e. The third-order valence-corrected chi connectivity index (χ3v) is 4.94. The molecule has 0 saturated carbocycles. The largest absolute Gasteiger partial charge is 0.339 e. The van der Waals surface area contributed by atoms with Crippen LogP contribution in [0.25, 0.3) is 5.69 Å². The van der Waals surface area contributed by atoms with Crippen molar-refractivity contribution >= 4 is 5.91 Å². The molecule has 1 fully saturated rings. The monoisotopic (exact) mass is 380 g/mol. The Labute approximate surface area is 163 Å². The van der Waals surface area contributed by atoms with Gasteiger partial charge in [-0.3, -0.25) is 9.36 Å². The maximum atomic E-state index is 13.1. The van der Waals surface area contributed by atoms with Crippen LogP contribution >= 0.6 is 0 Å². The molecule has 3 heterocycles. The Hall–Kier alpha value is -3.03. The number of benzene rings is 1. The lowest BCUT2D eigenvalue weighted by molar-refractivity contribution is 0.0695. The van der Waals surface area contributed by atoms with Gasteiger partial charge in [-0.25, -0.2) is 0 Å². The number of amides is 1. The van der Waals surface area contributed by atoms with Crippen molar-refractivity contribution in [2.45, 2.75) is 39.0 Å². The Kier molecular flexibility index (Phi) is 5.18. The highest BCUT2D eigenvalue weighted by Gasteiger charge is 2.29. The fraction of sp³-hybridized carbons (Fsp3) is 0.450. The third-order valence-electron chi connectivity index (χ3n) is 4.94. The molecule has 1 atom stereocenters. The van der Waals surface area contributed by atoms with Crippen molar-refractivity contribution in [3.63, 3.8) is 0 Å². The van der Waals surface area contributed by atoms with E-state index in [1.807, 2.05) is 29.2 Å². The van der Waals surface area contributed by atoms with Gasteiger partial charge >= 0.3 is 0 Å². The topological polar surface area (TPSA) is 89.9 Å². The van der Waals surface area contributed by atoms with Crippen LogP contribution in [0.5, 0.6) is 0 Å². The average molecular weight is 380 g/mol. The Morgan fingerprint density at radius 3 is 2.89 bits per heavy atom. The van der Waals surface area contributed by atoms with Gasteiger partial charge in [-0.15, -0.1) is 10.2 Å². The fourth-order valence-corrected chi connectivity index (χ4v) is 3.56. The van der Waals surface area contributed by atoms with Crippen LogP contribution in [0.15, 0.2) is 41.4 Å². The van der Waals surface area contributed by atoms with Crippen LogP contribution in [-0.2, 0) is 6.42 Å².